The molecule has 0 amide bonds. The lowest BCUT2D eigenvalue weighted by Gasteiger charge is -2.14. The summed E-state index contributed by atoms with van der Waals surface area (Å²) in [5.41, 5.74) is 9.77. The van der Waals surface area contributed by atoms with Gasteiger partial charge in [0.15, 0.2) is 0 Å². The predicted octanol–water partition coefficient (Wildman–Crippen LogP) is 12.6. The predicted molar refractivity (Wildman–Crippen MR) is 213 cm³/mol. The van der Waals surface area contributed by atoms with E-state index >= 15 is 0 Å². The van der Waals surface area contributed by atoms with Crippen LogP contribution in [-0.2, 0) is 0 Å². The Bertz CT molecular complexity index is 2990. The molecule has 0 radical (unpaired) electrons. The Morgan fingerprint density at radius 1 is 0.327 bits per heavy atom. The minimum absolute atomic E-state index is 0.506. The molecule has 2 aromatic heterocycles. The van der Waals surface area contributed by atoms with Crippen LogP contribution in [0.5, 0.6) is 0 Å². The van der Waals surface area contributed by atoms with Gasteiger partial charge in [0.05, 0.1) is 46.5 Å². The molecule has 0 atom stereocenters. The normalized spacial score (nSPS) is 11.0. The summed E-state index contributed by atoms with van der Waals surface area (Å²) in [5, 5.41) is 43.6. The van der Waals surface area contributed by atoms with Crippen LogP contribution in [0.25, 0.3) is 84.9 Å². The Hall–Kier alpha value is -7.06. The average molecular weight is 695 g/mol. The fourth-order valence-corrected chi connectivity index (χ4v) is 9.16. The molecule has 52 heavy (non-hydrogen) atoms. The van der Waals surface area contributed by atoms with E-state index in [9.17, 15) is 21.0 Å². The van der Waals surface area contributed by atoms with E-state index < -0.39 is 0 Å². The number of thiophene rings is 2. The van der Waals surface area contributed by atoms with E-state index in [1.807, 2.05) is 66.7 Å². The summed E-state index contributed by atoms with van der Waals surface area (Å²) in [4.78, 5) is 0. The SMILES string of the molecule is N#Cc1cc(-c2cc(-c3ccc4sc5ccc(C#N)cc5c4c3)cc(-c3ccc4sc5ccc(C#N)cc5c4c3)c2)cc(-c2ccccc2C#N)c1. The first-order chi connectivity index (χ1) is 25.5. The van der Waals surface area contributed by atoms with E-state index in [4.69, 9.17) is 0 Å². The zero-order valence-corrected chi connectivity index (χ0v) is 28.9. The Labute approximate surface area is 307 Å². The second-order valence-corrected chi connectivity index (χ2v) is 14.8. The molecule has 2 heterocycles. The van der Waals surface area contributed by atoms with Gasteiger partial charge in [0.1, 0.15) is 0 Å². The maximum Gasteiger partial charge on any atom is 0.0998 e. The van der Waals surface area contributed by atoms with Gasteiger partial charge in [-0.2, -0.15) is 21.0 Å². The third-order valence-electron chi connectivity index (χ3n) is 9.55. The fourth-order valence-electron chi connectivity index (χ4n) is 7.03. The third-order valence-corrected chi connectivity index (χ3v) is 11.9. The summed E-state index contributed by atoms with van der Waals surface area (Å²) in [5.74, 6) is 0. The fraction of sp³-hybridized carbons (Fsp3) is 0. The molecule has 9 rings (SSSR count). The number of rotatable bonds is 4. The van der Waals surface area contributed by atoms with Crippen molar-refractivity contribution in [3.8, 4) is 68.8 Å². The molecule has 0 bridgehead atoms. The number of nitrogens with zero attached hydrogens (tertiary/aromatic N) is 4. The maximum absolute atomic E-state index is 10.1. The molecule has 0 aliphatic heterocycles. The van der Waals surface area contributed by atoms with Crippen LogP contribution in [0.2, 0.25) is 0 Å². The lowest BCUT2D eigenvalue weighted by Crippen LogP contribution is -1.90. The van der Waals surface area contributed by atoms with Crippen molar-refractivity contribution in [2.75, 3.05) is 0 Å². The zero-order chi connectivity index (χ0) is 35.3. The van der Waals surface area contributed by atoms with Gasteiger partial charge in [-0.25, -0.2) is 0 Å². The summed E-state index contributed by atoms with van der Waals surface area (Å²) in [6.45, 7) is 0. The van der Waals surface area contributed by atoms with Crippen LogP contribution in [0.3, 0.4) is 0 Å². The van der Waals surface area contributed by atoms with E-state index in [0.29, 0.717) is 22.3 Å². The molecule has 0 fully saturated rings. The Balaban J connectivity index is 1.28. The number of hydrogen-bond donors (Lipinski definition) is 0. The Morgan fingerprint density at radius 3 is 1.27 bits per heavy atom. The lowest BCUT2D eigenvalue weighted by molar-refractivity contribution is 1.46. The Kier molecular flexibility index (Phi) is 7.36. The molecule has 7 aromatic carbocycles. The van der Waals surface area contributed by atoms with Crippen molar-refractivity contribution in [3.63, 3.8) is 0 Å². The van der Waals surface area contributed by atoms with Crippen LogP contribution in [0, 0.1) is 45.3 Å². The summed E-state index contributed by atoms with van der Waals surface area (Å²) >= 11 is 3.43. The number of hydrogen-bond acceptors (Lipinski definition) is 6. The van der Waals surface area contributed by atoms with Gasteiger partial charge in [-0.15, -0.1) is 22.7 Å². The van der Waals surface area contributed by atoms with Crippen molar-refractivity contribution in [1.82, 2.24) is 0 Å². The molecule has 0 saturated carbocycles. The van der Waals surface area contributed by atoms with Crippen molar-refractivity contribution in [2.45, 2.75) is 0 Å². The third kappa shape index (κ3) is 5.25. The van der Waals surface area contributed by atoms with Gasteiger partial charge in [-0.05, 0) is 148 Å². The van der Waals surface area contributed by atoms with Gasteiger partial charge in [0, 0.05) is 40.3 Å². The van der Waals surface area contributed by atoms with Crippen LogP contribution in [-0.4, -0.2) is 0 Å². The van der Waals surface area contributed by atoms with Crippen LogP contribution in [0.15, 0.2) is 133 Å². The lowest BCUT2D eigenvalue weighted by atomic mass is 9.90. The van der Waals surface area contributed by atoms with E-state index in [0.717, 1.165) is 84.9 Å². The molecule has 0 spiro atoms. The molecule has 0 saturated heterocycles. The van der Waals surface area contributed by atoms with Crippen LogP contribution < -0.4 is 0 Å². The molecular formula is C46H22N4S2. The number of nitriles is 4. The average Bonchev–Trinajstić information content (AvgIpc) is 3.76. The summed E-state index contributed by atoms with van der Waals surface area (Å²) in [7, 11) is 0. The van der Waals surface area contributed by atoms with E-state index in [-0.39, 0.29) is 0 Å². The topological polar surface area (TPSA) is 95.2 Å². The molecule has 0 aliphatic carbocycles. The van der Waals surface area contributed by atoms with Crippen molar-refractivity contribution in [3.05, 3.63) is 156 Å². The van der Waals surface area contributed by atoms with Gasteiger partial charge < -0.3 is 0 Å². The largest absolute Gasteiger partial charge is 0.192 e. The quantitative estimate of drug-likeness (QED) is 0.183. The monoisotopic (exact) mass is 694 g/mol. The molecule has 238 valence electrons. The van der Waals surface area contributed by atoms with Gasteiger partial charge in [0.25, 0.3) is 0 Å². The molecule has 9 aromatic rings. The maximum atomic E-state index is 10.1. The van der Waals surface area contributed by atoms with E-state index in [2.05, 4.69) is 84.9 Å². The van der Waals surface area contributed by atoms with Crippen molar-refractivity contribution < 1.29 is 0 Å². The first-order valence-corrected chi connectivity index (χ1v) is 18.1. The van der Waals surface area contributed by atoms with E-state index in [1.165, 1.54) is 0 Å². The molecule has 0 unspecified atom stereocenters. The van der Waals surface area contributed by atoms with Crippen molar-refractivity contribution in [2.24, 2.45) is 0 Å². The van der Waals surface area contributed by atoms with Crippen molar-refractivity contribution in [1.29, 1.82) is 21.0 Å². The summed E-state index contributed by atoms with van der Waals surface area (Å²) in [6.07, 6.45) is 0. The Morgan fingerprint density at radius 2 is 0.750 bits per heavy atom. The number of fused-ring (bicyclic) bond motifs is 6. The van der Waals surface area contributed by atoms with Crippen LogP contribution in [0.1, 0.15) is 22.3 Å². The molecule has 0 N–H and O–H groups in total. The highest BCUT2D eigenvalue weighted by atomic mass is 32.1. The smallest absolute Gasteiger partial charge is 0.0998 e. The van der Waals surface area contributed by atoms with Crippen molar-refractivity contribution >= 4 is 63.0 Å². The highest BCUT2D eigenvalue weighted by molar-refractivity contribution is 7.26. The van der Waals surface area contributed by atoms with E-state index in [1.54, 1.807) is 28.7 Å². The molecular weight excluding hydrogens is 673 g/mol. The summed E-state index contributed by atoms with van der Waals surface area (Å²) in [6, 6.07) is 53.7. The summed E-state index contributed by atoms with van der Waals surface area (Å²) < 4.78 is 4.57. The zero-order valence-electron chi connectivity index (χ0n) is 27.3. The highest BCUT2D eigenvalue weighted by Gasteiger charge is 2.15. The van der Waals surface area contributed by atoms with Crippen LogP contribution in [0.4, 0.5) is 0 Å². The standard InChI is InChI=1S/C46H22N4S2/c47-23-27-5-9-43-39(15-27)41-21-30(7-11-45(41)51-43)34-17-35(31-8-12-46-42(22-31)40-16-28(24-48)6-10-44(40)52-46)19-36(18-34)33-13-29(25-49)14-37(20-33)38-4-2-1-3-32(38)26-50/h1-22H. The first kappa shape index (κ1) is 31.0. The highest BCUT2D eigenvalue weighted by Crippen LogP contribution is 2.42. The second kappa shape index (κ2) is 12.4. The molecule has 6 heteroatoms. The second-order valence-electron chi connectivity index (χ2n) is 12.6. The minimum Gasteiger partial charge on any atom is -0.192 e. The van der Waals surface area contributed by atoms with Gasteiger partial charge in [-0.1, -0.05) is 30.3 Å². The van der Waals surface area contributed by atoms with Gasteiger partial charge in [-0.3, -0.25) is 0 Å². The number of benzene rings is 7. The van der Waals surface area contributed by atoms with Gasteiger partial charge in [0.2, 0.25) is 0 Å². The van der Waals surface area contributed by atoms with Gasteiger partial charge >= 0.3 is 0 Å². The molecule has 4 nitrogen and oxygen atoms in total. The van der Waals surface area contributed by atoms with Crippen LogP contribution >= 0.6 is 22.7 Å². The minimum atomic E-state index is 0.506. The first-order valence-electron chi connectivity index (χ1n) is 16.5. The molecule has 0 aliphatic rings.